The highest BCUT2D eigenvalue weighted by Gasteiger charge is 2.08. The molecule has 0 bridgehead atoms. The highest BCUT2D eigenvalue weighted by molar-refractivity contribution is 5.91. The van der Waals surface area contributed by atoms with Crippen LogP contribution in [0.1, 0.15) is 16.8 Å². The van der Waals surface area contributed by atoms with Crippen LogP contribution in [0.2, 0.25) is 0 Å². The summed E-state index contributed by atoms with van der Waals surface area (Å²) in [7, 11) is 0. The van der Waals surface area contributed by atoms with Crippen molar-refractivity contribution in [1.29, 1.82) is 5.26 Å². The molecule has 114 valence electrons. The molecule has 3 aromatic rings. The van der Waals surface area contributed by atoms with Crippen LogP contribution >= 0.6 is 0 Å². The number of fused-ring (bicyclic) bond motifs is 1. The molecule has 0 atom stereocenters. The molecule has 5 heteroatoms. The molecule has 0 aliphatic heterocycles. The summed E-state index contributed by atoms with van der Waals surface area (Å²) < 4.78 is 27.3. The van der Waals surface area contributed by atoms with Crippen molar-refractivity contribution >= 4 is 16.6 Å². The molecule has 1 N–H and O–H groups in total. The number of pyridine rings is 1. The predicted molar refractivity (Wildman–Crippen MR) is 84.9 cm³/mol. The van der Waals surface area contributed by atoms with Crippen LogP contribution in [0.15, 0.2) is 42.5 Å². The van der Waals surface area contributed by atoms with Gasteiger partial charge >= 0.3 is 0 Å². The van der Waals surface area contributed by atoms with Crippen LogP contribution in [-0.2, 0) is 6.54 Å². The van der Waals surface area contributed by atoms with Gasteiger partial charge in [-0.3, -0.25) is 4.98 Å². The lowest BCUT2D eigenvalue weighted by Crippen LogP contribution is -2.04. The van der Waals surface area contributed by atoms with Crippen molar-refractivity contribution < 1.29 is 8.78 Å². The first-order valence-corrected chi connectivity index (χ1v) is 7.06. The lowest BCUT2D eigenvalue weighted by Gasteiger charge is -2.12. The van der Waals surface area contributed by atoms with Crippen LogP contribution in [0.3, 0.4) is 0 Å². The Morgan fingerprint density at radius 3 is 2.74 bits per heavy atom. The van der Waals surface area contributed by atoms with Gasteiger partial charge < -0.3 is 5.32 Å². The van der Waals surface area contributed by atoms with Gasteiger partial charge in [-0.25, -0.2) is 8.78 Å². The van der Waals surface area contributed by atoms with Crippen molar-refractivity contribution in [3.63, 3.8) is 0 Å². The van der Waals surface area contributed by atoms with Crippen LogP contribution in [0.25, 0.3) is 10.9 Å². The van der Waals surface area contributed by atoms with Gasteiger partial charge in [0.15, 0.2) is 0 Å². The molecule has 3 nitrogen and oxygen atoms in total. The average Bonchev–Trinajstić information content (AvgIpc) is 2.54. The number of nitrogens with one attached hydrogen (secondary N) is 1. The zero-order valence-electron chi connectivity index (χ0n) is 12.4. The number of hydrogen-bond acceptors (Lipinski definition) is 3. The number of rotatable bonds is 3. The molecule has 0 saturated carbocycles. The highest BCUT2D eigenvalue weighted by atomic mass is 19.1. The van der Waals surface area contributed by atoms with Crippen LogP contribution < -0.4 is 5.32 Å². The Bertz CT molecular complexity index is 929. The van der Waals surface area contributed by atoms with E-state index in [0.717, 1.165) is 5.69 Å². The smallest absolute Gasteiger partial charge is 0.128 e. The first-order chi connectivity index (χ1) is 11.1. The van der Waals surface area contributed by atoms with Gasteiger partial charge in [-0.2, -0.15) is 5.26 Å². The Labute approximate surface area is 132 Å². The topological polar surface area (TPSA) is 48.7 Å². The Morgan fingerprint density at radius 2 is 1.96 bits per heavy atom. The SMILES string of the molecule is Cc1cc(NCc2cc(C#N)ccc2F)c2cc(F)ccc2n1. The molecule has 1 aromatic heterocycles. The van der Waals surface area contributed by atoms with Gasteiger partial charge in [0.25, 0.3) is 0 Å². The Balaban J connectivity index is 1.96. The lowest BCUT2D eigenvalue weighted by molar-refractivity contribution is 0.612. The van der Waals surface area contributed by atoms with Crippen LogP contribution in [0.4, 0.5) is 14.5 Å². The minimum Gasteiger partial charge on any atom is -0.380 e. The van der Waals surface area contributed by atoms with Gasteiger partial charge in [-0.15, -0.1) is 0 Å². The number of halogens is 2. The van der Waals surface area contributed by atoms with Crippen LogP contribution in [0, 0.1) is 29.9 Å². The first-order valence-electron chi connectivity index (χ1n) is 7.06. The summed E-state index contributed by atoms with van der Waals surface area (Å²) in [5.41, 5.74) is 2.89. The summed E-state index contributed by atoms with van der Waals surface area (Å²) in [4.78, 5) is 4.35. The molecule has 0 saturated heterocycles. The zero-order valence-corrected chi connectivity index (χ0v) is 12.4. The summed E-state index contributed by atoms with van der Waals surface area (Å²) in [5, 5.41) is 12.6. The molecule has 1 heterocycles. The van der Waals surface area contributed by atoms with Gasteiger partial charge in [-0.1, -0.05) is 0 Å². The van der Waals surface area contributed by atoms with Gasteiger partial charge in [-0.05, 0) is 49.4 Å². The fraction of sp³-hybridized carbons (Fsp3) is 0.111. The normalized spacial score (nSPS) is 10.5. The molecular weight excluding hydrogens is 296 g/mol. The number of aryl methyl sites for hydroxylation is 1. The lowest BCUT2D eigenvalue weighted by atomic mass is 10.1. The monoisotopic (exact) mass is 309 g/mol. The Morgan fingerprint density at radius 1 is 1.13 bits per heavy atom. The van der Waals surface area contributed by atoms with E-state index in [9.17, 15) is 8.78 Å². The van der Waals surface area contributed by atoms with E-state index in [-0.39, 0.29) is 12.4 Å². The maximum absolute atomic E-state index is 13.8. The van der Waals surface area contributed by atoms with Crippen LogP contribution in [-0.4, -0.2) is 4.98 Å². The fourth-order valence-corrected chi connectivity index (χ4v) is 2.45. The Kier molecular flexibility index (Phi) is 3.90. The minimum atomic E-state index is -0.391. The van der Waals surface area contributed by atoms with Gasteiger partial charge in [0.1, 0.15) is 11.6 Å². The molecule has 0 fully saturated rings. The Hall–Kier alpha value is -3.00. The number of nitriles is 1. The number of aromatic nitrogens is 1. The van der Waals surface area contributed by atoms with Crippen molar-refractivity contribution in [3.8, 4) is 6.07 Å². The summed E-state index contributed by atoms with van der Waals surface area (Å²) in [6, 6.07) is 12.3. The van der Waals surface area contributed by atoms with E-state index in [1.165, 1.54) is 30.3 Å². The number of anilines is 1. The third-order valence-corrected chi connectivity index (χ3v) is 3.54. The summed E-state index contributed by atoms with van der Waals surface area (Å²) >= 11 is 0. The van der Waals surface area contributed by atoms with Crippen molar-refractivity contribution in [2.45, 2.75) is 13.5 Å². The average molecular weight is 309 g/mol. The summed E-state index contributed by atoms with van der Waals surface area (Å²) in [6.07, 6.45) is 0. The maximum Gasteiger partial charge on any atom is 0.128 e. The second-order valence-electron chi connectivity index (χ2n) is 5.24. The van der Waals surface area contributed by atoms with Gasteiger partial charge in [0.05, 0.1) is 17.1 Å². The molecule has 0 amide bonds. The minimum absolute atomic E-state index is 0.191. The molecule has 0 radical (unpaired) electrons. The zero-order chi connectivity index (χ0) is 16.4. The molecule has 0 unspecified atom stereocenters. The van der Waals surface area contributed by atoms with E-state index < -0.39 is 5.82 Å². The second-order valence-corrected chi connectivity index (χ2v) is 5.24. The fourth-order valence-electron chi connectivity index (χ4n) is 2.45. The van der Waals surface area contributed by atoms with Crippen molar-refractivity contribution in [3.05, 3.63) is 70.9 Å². The van der Waals surface area contributed by atoms with Crippen molar-refractivity contribution in [1.82, 2.24) is 4.98 Å². The molecule has 0 spiro atoms. The molecule has 2 aromatic carbocycles. The van der Waals surface area contributed by atoms with E-state index in [1.54, 1.807) is 12.1 Å². The molecule has 3 rings (SSSR count). The summed E-state index contributed by atoms with van der Waals surface area (Å²) in [6.45, 7) is 2.03. The highest BCUT2D eigenvalue weighted by Crippen LogP contribution is 2.25. The molecular formula is C18H13F2N3. The largest absolute Gasteiger partial charge is 0.380 e. The predicted octanol–water partition coefficient (Wildman–Crippen LogP) is 4.31. The van der Waals surface area contributed by atoms with E-state index in [4.69, 9.17) is 5.26 Å². The first kappa shape index (κ1) is 14.9. The van der Waals surface area contributed by atoms with Crippen molar-refractivity contribution in [2.24, 2.45) is 0 Å². The summed E-state index contributed by atoms with van der Waals surface area (Å²) in [5.74, 6) is -0.748. The van der Waals surface area contributed by atoms with Crippen molar-refractivity contribution in [2.75, 3.05) is 5.32 Å². The quantitative estimate of drug-likeness (QED) is 0.784. The standard InChI is InChI=1S/C18H13F2N3/c1-11-6-18(15-8-14(19)3-5-17(15)23-11)22-10-13-7-12(9-21)2-4-16(13)20/h2-8H,10H2,1H3,(H,22,23). The van der Waals surface area contributed by atoms with E-state index >= 15 is 0 Å². The number of hydrogen-bond donors (Lipinski definition) is 1. The second kappa shape index (κ2) is 6.01. The number of nitrogens with zero attached hydrogens (tertiary/aromatic N) is 2. The number of benzene rings is 2. The van der Waals surface area contributed by atoms with Gasteiger partial charge in [0.2, 0.25) is 0 Å². The van der Waals surface area contributed by atoms with Crippen LogP contribution in [0.5, 0.6) is 0 Å². The van der Waals surface area contributed by atoms with E-state index in [1.807, 2.05) is 13.0 Å². The third-order valence-electron chi connectivity index (χ3n) is 3.54. The maximum atomic E-state index is 13.8. The molecule has 23 heavy (non-hydrogen) atoms. The molecule has 0 aliphatic carbocycles. The van der Waals surface area contributed by atoms with Gasteiger partial charge in [0, 0.05) is 28.9 Å². The third kappa shape index (κ3) is 3.11. The van der Waals surface area contributed by atoms with E-state index in [0.29, 0.717) is 27.7 Å². The van der Waals surface area contributed by atoms with E-state index in [2.05, 4.69) is 10.3 Å². The molecule has 0 aliphatic rings.